The summed E-state index contributed by atoms with van der Waals surface area (Å²) in [6.07, 6.45) is 0. The van der Waals surface area contributed by atoms with Gasteiger partial charge in [0.05, 0.1) is 17.4 Å². The van der Waals surface area contributed by atoms with Gasteiger partial charge in [-0.1, -0.05) is 54.2 Å². The minimum absolute atomic E-state index is 0.0849. The molecule has 0 fully saturated rings. The standard InChI is InChI=1S/C20H21N3O3S/c1-3-25-17-12-8-7-11-16(17)19-22-23-20(26-19)27-14(2)18(24)21-13-15-9-5-4-6-10-15/h4-12,14H,3,13H2,1-2H3,(H,21,24). The van der Waals surface area contributed by atoms with Gasteiger partial charge in [0.25, 0.3) is 11.1 Å². The highest BCUT2D eigenvalue weighted by Crippen LogP contribution is 2.31. The predicted octanol–water partition coefficient (Wildman–Crippen LogP) is 3.93. The number of ether oxygens (including phenoxy) is 1. The van der Waals surface area contributed by atoms with Crippen molar-refractivity contribution in [2.75, 3.05) is 6.61 Å². The molecule has 0 saturated carbocycles. The smallest absolute Gasteiger partial charge is 0.277 e. The third-order valence-electron chi connectivity index (χ3n) is 3.78. The summed E-state index contributed by atoms with van der Waals surface area (Å²) >= 11 is 1.23. The molecule has 27 heavy (non-hydrogen) atoms. The van der Waals surface area contributed by atoms with Gasteiger partial charge in [-0.3, -0.25) is 4.79 Å². The first-order chi connectivity index (χ1) is 13.2. The number of thioether (sulfide) groups is 1. The first-order valence-corrected chi connectivity index (χ1v) is 9.59. The Balaban J connectivity index is 1.61. The molecule has 2 aromatic carbocycles. The Kier molecular flexibility index (Phi) is 6.49. The van der Waals surface area contributed by atoms with E-state index in [2.05, 4.69) is 15.5 Å². The monoisotopic (exact) mass is 383 g/mol. The van der Waals surface area contributed by atoms with Crippen molar-refractivity contribution in [1.29, 1.82) is 0 Å². The Bertz CT molecular complexity index is 883. The lowest BCUT2D eigenvalue weighted by Gasteiger charge is -2.10. The van der Waals surface area contributed by atoms with E-state index in [4.69, 9.17) is 9.15 Å². The van der Waals surface area contributed by atoms with E-state index >= 15 is 0 Å². The number of nitrogens with zero attached hydrogens (tertiary/aromatic N) is 2. The highest BCUT2D eigenvalue weighted by molar-refractivity contribution is 8.00. The zero-order chi connectivity index (χ0) is 19.1. The maximum atomic E-state index is 12.3. The molecule has 0 aliphatic heterocycles. The summed E-state index contributed by atoms with van der Waals surface area (Å²) in [4.78, 5) is 12.3. The molecule has 3 aromatic rings. The SMILES string of the molecule is CCOc1ccccc1-c1nnc(SC(C)C(=O)NCc2ccccc2)o1. The number of benzene rings is 2. The number of nitrogens with one attached hydrogen (secondary N) is 1. The molecular formula is C20H21N3O3S. The number of hydrogen-bond donors (Lipinski definition) is 1. The van der Waals surface area contributed by atoms with Crippen LogP contribution in [0.2, 0.25) is 0 Å². The van der Waals surface area contributed by atoms with E-state index in [0.717, 1.165) is 11.1 Å². The van der Waals surface area contributed by atoms with Crippen LogP contribution in [0.15, 0.2) is 64.2 Å². The summed E-state index contributed by atoms with van der Waals surface area (Å²) in [6.45, 7) is 4.76. The molecule has 3 rings (SSSR count). The fourth-order valence-corrected chi connectivity index (χ4v) is 3.13. The minimum atomic E-state index is -0.357. The van der Waals surface area contributed by atoms with Crippen molar-refractivity contribution in [3.8, 4) is 17.2 Å². The minimum Gasteiger partial charge on any atom is -0.493 e. The van der Waals surface area contributed by atoms with Crippen LogP contribution in [0.4, 0.5) is 0 Å². The van der Waals surface area contributed by atoms with Crippen molar-refractivity contribution in [2.45, 2.75) is 30.9 Å². The fourth-order valence-electron chi connectivity index (χ4n) is 2.42. The van der Waals surface area contributed by atoms with Crippen LogP contribution in [0, 0.1) is 0 Å². The maximum Gasteiger partial charge on any atom is 0.277 e. The van der Waals surface area contributed by atoms with E-state index in [0.29, 0.717) is 30.0 Å². The van der Waals surface area contributed by atoms with Crippen LogP contribution in [0.25, 0.3) is 11.5 Å². The van der Waals surface area contributed by atoms with Crippen molar-refractivity contribution in [3.63, 3.8) is 0 Å². The van der Waals surface area contributed by atoms with Gasteiger partial charge in [-0.05, 0) is 31.5 Å². The molecule has 1 unspecified atom stereocenters. The summed E-state index contributed by atoms with van der Waals surface area (Å²) in [5, 5.41) is 11.0. The highest BCUT2D eigenvalue weighted by atomic mass is 32.2. The number of carbonyl (C=O) groups excluding carboxylic acids is 1. The average molecular weight is 383 g/mol. The summed E-state index contributed by atoms with van der Waals surface area (Å²) in [5.41, 5.74) is 1.79. The van der Waals surface area contributed by atoms with Crippen molar-refractivity contribution >= 4 is 17.7 Å². The van der Waals surface area contributed by atoms with E-state index in [1.54, 1.807) is 0 Å². The molecule has 1 N–H and O–H groups in total. The van der Waals surface area contributed by atoms with Gasteiger partial charge in [-0.2, -0.15) is 0 Å². The van der Waals surface area contributed by atoms with Crippen LogP contribution in [-0.4, -0.2) is 28.0 Å². The second-order valence-corrected chi connectivity index (χ2v) is 7.06. The largest absolute Gasteiger partial charge is 0.493 e. The molecule has 7 heteroatoms. The second kappa shape index (κ2) is 9.23. The number of amides is 1. The van der Waals surface area contributed by atoms with Gasteiger partial charge < -0.3 is 14.5 Å². The summed E-state index contributed by atoms with van der Waals surface area (Å²) in [7, 11) is 0. The van der Waals surface area contributed by atoms with Crippen LogP contribution in [0.5, 0.6) is 5.75 Å². The normalized spacial score (nSPS) is 11.8. The number of carbonyl (C=O) groups is 1. The number of para-hydroxylation sites is 1. The van der Waals surface area contributed by atoms with Gasteiger partial charge in [0.15, 0.2) is 0 Å². The quantitative estimate of drug-likeness (QED) is 0.594. The summed E-state index contributed by atoms with van der Waals surface area (Å²) in [5.74, 6) is 0.977. The summed E-state index contributed by atoms with van der Waals surface area (Å²) in [6, 6.07) is 17.3. The lowest BCUT2D eigenvalue weighted by atomic mass is 10.2. The molecule has 0 aliphatic rings. The average Bonchev–Trinajstić information content (AvgIpc) is 3.16. The molecule has 6 nitrogen and oxygen atoms in total. The van der Waals surface area contributed by atoms with E-state index in [1.165, 1.54) is 11.8 Å². The van der Waals surface area contributed by atoms with Crippen LogP contribution >= 0.6 is 11.8 Å². The van der Waals surface area contributed by atoms with E-state index in [-0.39, 0.29) is 11.2 Å². The summed E-state index contributed by atoms with van der Waals surface area (Å²) < 4.78 is 11.3. The first-order valence-electron chi connectivity index (χ1n) is 8.71. The van der Waals surface area contributed by atoms with Crippen molar-refractivity contribution in [1.82, 2.24) is 15.5 Å². The van der Waals surface area contributed by atoms with E-state index < -0.39 is 0 Å². The molecule has 0 radical (unpaired) electrons. The van der Waals surface area contributed by atoms with Crippen LogP contribution < -0.4 is 10.1 Å². The van der Waals surface area contributed by atoms with Gasteiger partial charge in [-0.15, -0.1) is 10.2 Å². The number of rotatable bonds is 8. The zero-order valence-corrected chi connectivity index (χ0v) is 16.0. The van der Waals surface area contributed by atoms with Gasteiger partial charge in [0, 0.05) is 6.54 Å². The molecule has 0 bridgehead atoms. The van der Waals surface area contributed by atoms with Crippen LogP contribution in [0.3, 0.4) is 0 Å². The Labute approximate surface area is 162 Å². The Morgan fingerprint density at radius 1 is 1.15 bits per heavy atom. The molecule has 0 saturated heterocycles. The third-order valence-corrected chi connectivity index (χ3v) is 4.71. The molecule has 0 spiro atoms. The molecule has 1 atom stereocenters. The first kappa shape index (κ1) is 19.0. The van der Waals surface area contributed by atoms with Gasteiger partial charge >= 0.3 is 0 Å². The maximum absolute atomic E-state index is 12.3. The second-order valence-electron chi connectivity index (χ2n) is 5.77. The van der Waals surface area contributed by atoms with E-state index in [9.17, 15) is 4.79 Å². The molecular weight excluding hydrogens is 362 g/mol. The molecule has 1 amide bonds. The van der Waals surface area contributed by atoms with Crippen molar-refractivity contribution in [3.05, 3.63) is 60.2 Å². The third kappa shape index (κ3) is 5.10. The van der Waals surface area contributed by atoms with Crippen molar-refractivity contribution in [2.24, 2.45) is 0 Å². The Hall–Kier alpha value is -2.80. The topological polar surface area (TPSA) is 77.2 Å². The Morgan fingerprint density at radius 2 is 1.89 bits per heavy atom. The van der Waals surface area contributed by atoms with E-state index in [1.807, 2.05) is 68.4 Å². The number of hydrogen-bond acceptors (Lipinski definition) is 6. The molecule has 1 aromatic heterocycles. The molecule has 140 valence electrons. The Morgan fingerprint density at radius 3 is 2.67 bits per heavy atom. The number of aromatic nitrogens is 2. The highest BCUT2D eigenvalue weighted by Gasteiger charge is 2.19. The predicted molar refractivity (Wildman–Crippen MR) is 105 cm³/mol. The zero-order valence-electron chi connectivity index (χ0n) is 15.2. The van der Waals surface area contributed by atoms with Crippen LogP contribution in [-0.2, 0) is 11.3 Å². The lowest BCUT2D eigenvalue weighted by molar-refractivity contribution is -0.120. The lowest BCUT2D eigenvalue weighted by Crippen LogP contribution is -2.30. The fraction of sp³-hybridized carbons (Fsp3) is 0.250. The molecule has 1 heterocycles. The van der Waals surface area contributed by atoms with Crippen molar-refractivity contribution < 1.29 is 13.9 Å². The van der Waals surface area contributed by atoms with Gasteiger partial charge in [0.1, 0.15) is 5.75 Å². The van der Waals surface area contributed by atoms with Crippen LogP contribution in [0.1, 0.15) is 19.4 Å². The molecule has 0 aliphatic carbocycles. The van der Waals surface area contributed by atoms with Gasteiger partial charge in [-0.25, -0.2) is 0 Å². The van der Waals surface area contributed by atoms with Gasteiger partial charge in [0.2, 0.25) is 5.91 Å².